The predicted molar refractivity (Wildman–Crippen MR) is 116 cm³/mol. The second-order valence-electron chi connectivity index (χ2n) is 6.67. The maximum Gasteiger partial charge on any atom is 0.271 e. The van der Waals surface area contributed by atoms with Gasteiger partial charge in [-0.05, 0) is 24.3 Å². The quantitative estimate of drug-likeness (QED) is 0.333. The Labute approximate surface area is 181 Å². The van der Waals surface area contributed by atoms with Gasteiger partial charge in [0.15, 0.2) is 11.5 Å². The molecule has 0 atom stereocenters. The highest BCUT2D eigenvalue weighted by atomic mass is 16.6. The van der Waals surface area contributed by atoms with Crippen molar-refractivity contribution < 1.29 is 19.2 Å². The molecule has 2 aromatic carbocycles. The first-order chi connectivity index (χ1) is 15.4. The van der Waals surface area contributed by atoms with Crippen molar-refractivity contribution in [3.8, 4) is 22.8 Å². The number of fused-ring (bicyclic) bond motifs is 1. The van der Waals surface area contributed by atoms with E-state index in [1.54, 1.807) is 42.1 Å². The number of amides is 1. The highest BCUT2D eigenvalue weighted by Gasteiger charge is 2.17. The summed E-state index contributed by atoms with van der Waals surface area (Å²) in [6.07, 6.45) is 3.26. The number of anilines is 2. The van der Waals surface area contributed by atoms with E-state index in [1.165, 1.54) is 25.3 Å². The number of benzene rings is 2. The molecule has 2 heterocycles. The van der Waals surface area contributed by atoms with Gasteiger partial charge >= 0.3 is 0 Å². The number of nitrogens with two attached hydrogens (primary N) is 1. The Kier molecular flexibility index (Phi) is 5.29. The summed E-state index contributed by atoms with van der Waals surface area (Å²) < 4.78 is 12.3. The number of nitro groups is 1. The van der Waals surface area contributed by atoms with E-state index in [9.17, 15) is 14.9 Å². The maximum absolute atomic E-state index is 11.9. The van der Waals surface area contributed by atoms with E-state index in [2.05, 4.69) is 15.3 Å². The third-order valence-corrected chi connectivity index (χ3v) is 4.79. The Morgan fingerprint density at radius 2 is 1.91 bits per heavy atom. The Morgan fingerprint density at radius 1 is 1.12 bits per heavy atom. The number of primary amides is 1. The first-order valence-corrected chi connectivity index (χ1v) is 9.33. The van der Waals surface area contributed by atoms with E-state index < -0.39 is 10.8 Å². The van der Waals surface area contributed by atoms with Crippen LogP contribution in [0.3, 0.4) is 0 Å². The van der Waals surface area contributed by atoms with Crippen LogP contribution >= 0.6 is 0 Å². The standard InChI is InChI=1S/C21H18N6O5/c1-31-17-6-3-12(9-18(17)32-2)15-11-19-23-7-8-26(19)21(24-15)25-16-10-13(27(29)30)4-5-14(16)20(22)28/h3-11H,1-2H3,(H2,22,28)(H,24,25). The number of nitrogens with zero attached hydrogens (tertiary/aromatic N) is 4. The molecule has 0 radical (unpaired) electrons. The van der Waals surface area contributed by atoms with Crippen LogP contribution in [0.2, 0.25) is 0 Å². The zero-order valence-electron chi connectivity index (χ0n) is 17.1. The van der Waals surface area contributed by atoms with E-state index in [0.717, 1.165) is 5.56 Å². The minimum atomic E-state index is -0.736. The van der Waals surface area contributed by atoms with Gasteiger partial charge in [0.1, 0.15) is 5.65 Å². The van der Waals surface area contributed by atoms with E-state index >= 15 is 0 Å². The van der Waals surface area contributed by atoms with Crippen molar-refractivity contribution in [1.29, 1.82) is 0 Å². The monoisotopic (exact) mass is 434 g/mol. The molecule has 32 heavy (non-hydrogen) atoms. The van der Waals surface area contributed by atoms with E-state index in [-0.39, 0.29) is 22.9 Å². The lowest BCUT2D eigenvalue weighted by molar-refractivity contribution is -0.384. The van der Waals surface area contributed by atoms with Crippen LogP contribution in [0.15, 0.2) is 54.9 Å². The van der Waals surface area contributed by atoms with Gasteiger partial charge in [-0.1, -0.05) is 0 Å². The Bertz CT molecular complexity index is 1350. The lowest BCUT2D eigenvalue weighted by Gasteiger charge is -2.14. The molecule has 3 N–H and O–H groups in total. The molecule has 0 bridgehead atoms. The normalized spacial score (nSPS) is 10.7. The average molecular weight is 434 g/mol. The summed E-state index contributed by atoms with van der Waals surface area (Å²) in [6, 6.07) is 10.9. The fourth-order valence-electron chi connectivity index (χ4n) is 3.24. The Morgan fingerprint density at radius 3 is 2.59 bits per heavy atom. The Hall–Kier alpha value is -4.67. The SMILES string of the molecule is COc1ccc(-c2cc3nccn3c(Nc3cc([N+](=O)[O-])ccc3C(N)=O)n2)cc1OC. The first-order valence-electron chi connectivity index (χ1n) is 9.33. The topological polar surface area (TPSA) is 147 Å². The average Bonchev–Trinajstić information content (AvgIpc) is 3.27. The maximum atomic E-state index is 11.9. The molecule has 162 valence electrons. The van der Waals surface area contributed by atoms with Gasteiger partial charge in [0, 0.05) is 36.2 Å². The molecule has 0 aliphatic heterocycles. The van der Waals surface area contributed by atoms with Crippen LogP contribution in [0.5, 0.6) is 11.5 Å². The van der Waals surface area contributed by atoms with Gasteiger partial charge in [-0.25, -0.2) is 9.97 Å². The number of methoxy groups -OCH3 is 2. The molecule has 4 rings (SSSR count). The molecule has 11 heteroatoms. The van der Waals surface area contributed by atoms with Gasteiger partial charge in [0.25, 0.3) is 11.6 Å². The lowest BCUT2D eigenvalue weighted by atomic mass is 10.1. The van der Waals surface area contributed by atoms with Crippen LogP contribution in [-0.4, -0.2) is 39.4 Å². The van der Waals surface area contributed by atoms with Gasteiger partial charge in [-0.15, -0.1) is 0 Å². The zero-order valence-corrected chi connectivity index (χ0v) is 17.1. The van der Waals surface area contributed by atoms with Crippen molar-refractivity contribution in [3.63, 3.8) is 0 Å². The summed E-state index contributed by atoms with van der Waals surface area (Å²) in [4.78, 5) is 31.5. The molecule has 0 unspecified atom stereocenters. The number of ether oxygens (including phenoxy) is 2. The number of carbonyl (C=O) groups is 1. The van der Waals surface area contributed by atoms with Gasteiger partial charge in [-0.3, -0.25) is 19.3 Å². The van der Waals surface area contributed by atoms with Crippen LogP contribution < -0.4 is 20.5 Å². The molecule has 0 fully saturated rings. The third kappa shape index (κ3) is 3.74. The number of aromatic nitrogens is 3. The number of nitrogens with one attached hydrogen (secondary N) is 1. The summed E-state index contributed by atoms with van der Waals surface area (Å²) in [7, 11) is 3.08. The minimum absolute atomic E-state index is 0.0854. The molecule has 11 nitrogen and oxygen atoms in total. The molecule has 0 aliphatic rings. The third-order valence-electron chi connectivity index (χ3n) is 4.79. The molecular formula is C21H18N6O5. The van der Waals surface area contributed by atoms with Crippen molar-refractivity contribution in [3.05, 3.63) is 70.5 Å². The molecule has 1 amide bonds. The largest absolute Gasteiger partial charge is 0.493 e. The zero-order chi connectivity index (χ0) is 22.8. The van der Waals surface area contributed by atoms with Crippen molar-refractivity contribution >= 4 is 28.9 Å². The number of rotatable bonds is 7. The first kappa shape index (κ1) is 20.6. The second-order valence-corrected chi connectivity index (χ2v) is 6.67. The molecule has 0 saturated carbocycles. The number of hydrogen-bond acceptors (Lipinski definition) is 8. The lowest BCUT2D eigenvalue weighted by Crippen LogP contribution is -2.14. The van der Waals surface area contributed by atoms with Crippen LogP contribution in [0.25, 0.3) is 16.9 Å². The molecular weight excluding hydrogens is 416 g/mol. The van der Waals surface area contributed by atoms with Crippen LogP contribution in [-0.2, 0) is 0 Å². The summed E-state index contributed by atoms with van der Waals surface area (Å²) in [6.45, 7) is 0. The molecule has 0 aliphatic carbocycles. The van der Waals surface area contributed by atoms with Crippen molar-refractivity contribution in [2.45, 2.75) is 0 Å². The molecule has 0 saturated heterocycles. The molecule has 2 aromatic heterocycles. The van der Waals surface area contributed by atoms with Gasteiger partial charge in [0.2, 0.25) is 5.95 Å². The summed E-state index contributed by atoms with van der Waals surface area (Å²) in [5.41, 5.74) is 7.34. The van der Waals surface area contributed by atoms with E-state index in [1.807, 2.05) is 6.07 Å². The number of imidazole rings is 1. The fourth-order valence-corrected chi connectivity index (χ4v) is 3.24. The minimum Gasteiger partial charge on any atom is -0.493 e. The van der Waals surface area contributed by atoms with Crippen LogP contribution in [0, 0.1) is 10.1 Å². The second kappa shape index (κ2) is 8.22. The van der Waals surface area contributed by atoms with Crippen molar-refractivity contribution in [2.75, 3.05) is 19.5 Å². The van der Waals surface area contributed by atoms with Gasteiger partial charge in [0.05, 0.1) is 36.1 Å². The molecule has 0 spiro atoms. The number of non-ortho nitro benzene ring substituents is 1. The van der Waals surface area contributed by atoms with Crippen LogP contribution in [0.4, 0.5) is 17.3 Å². The van der Waals surface area contributed by atoms with Crippen molar-refractivity contribution in [2.24, 2.45) is 5.73 Å². The highest BCUT2D eigenvalue weighted by Crippen LogP contribution is 2.33. The van der Waals surface area contributed by atoms with Crippen LogP contribution in [0.1, 0.15) is 10.4 Å². The van der Waals surface area contributed by atoms with Crippen molar-refractivity contribution in [1.82, 2.24) is 14.4 Å². The van der Waals surface area contributed by atoms with E-state index in [4.69, 9.17) is 15.2 Å². The number of hydrogen-bond donors (Lipinski definition) is 2. The highest BCUT2D eigenvalue weighted by molar-refractivity contribution is 5.99. The van der Waals surface area contributed by atoms with Gasteiger partial charge < -0.3 is 20.5 Å². The summed E-state index contributed by atoms with van der Waals surface area (Å²) >= 11 is 0. The van der Waals surface area contributed by atoms with Gasteiger partial charge in [-0.2, -0.15) is 0 Å². The summed E-state index contributed by atoms with van der Waals surface area (Å²) in [5, 5.41) is 14.2. The van der Waals surface area contributed by atoms with E-state index in [0.29, 0.717) is 22.8 Å². The smallest absolute Gasteiger partial charge is 0.271 e. The number of carbonyl (C=O) groups excluding carboxylic acids is 1. The predicted octanol–water partition coefficient (Wildman–Crippen LogP) is 3.16. The Balaban J connectivity index is 1.85. The fraction of sp³-hybridized carbons (Fsp3) is 0.0952. The summed E-state index contributed by atoms with van der Waals surface area (Å²) in [5.74, 6) is 0.645. The number of nitro benzene ring substituents is 1. The molecule has 4 aromatic rings.